The van der Waals surface area contributed by atoms with E-state index in [1.807, 2.05) is 0 Å². The largest absolute Gasteiger partial charge is 0.467 e. The van der Waals surface area contributed by atoms with Crippen LogP contribution in [0.2, 0.25) is 10.3 Å². The summed E-state index contributed by atoms with van der Waals surface area (Å²) in [6.45, 7) is 2.10. The highest BCUT2D eigenvalue weighted by Crippen LogP contribution is 2.25. The quantitative estimate of drug-likeness (QED) is 0.752. The number of aromatic nitrogens is 2. The van der Waals surface area contributed by atoms with Gasteiger partial charge < -0.3 is 4.74 Å². The molecule has 0 fully saturated rings. The summed E-state index contributed by atoms with van der Waals surface area (Å²) in [5.74, 6) is 0. The minimum absolute atomic E-state index is 0.209. The van der Waals surface area contributed by atoms with Crippen molar-refractivity contribution in [2.24, 2.45) is 0 Å². The number of ether oxygens (including phenoxy) is 1. The number of hydrogen-bond acceptors (Lipinski definition) is 3. The van der Waals surface area contributed by atoms with E-state index in [1.165, 1.54) is 7.11 Å². The van der Waals surface area contributed by atoms with Gasteiger partial charge in [-0.15, -0.1) is 0 Å². The lowest BCUT2D eigenvalue weighted by Crippen LogP contribution is -1.98. The van der Waals surface area contributed by atoms with Crippen LogP contribution in [0.3, 0.4) is 0 Å². The van der Waals surface area contributed by atoms with E-state index in [0.29, 0.717) is 10.3 Å². The van der Waals surface area contributed by atoms with Crippen LogP contribution in [0.15, 0.2) is 0 Å². The summed E-state index contributed by atoms with van der Waals surface area (Å²) in [5.41, 5.74) is 0.802. The van der Waals surface area contributed by atoms with Crippen molar-refractivity contribution in [1.82, 2.24) is 9.97 Å². The summed E-state index contributed by atoms with van der Waals surface area (Å²) in [6.07, 6.45) is 2.91. The van der Waals surface area contributed by atoms with Gasteiger partial charge >= 0.3 is 6.01 Å². The lowest BCUT2D eigenvalue weighted by atomic mass is 10.1. The van der Waals surface area contributed by atoms with Gasteiger partial charge in [-0.3, -0.25) is 0 Å². The van der Waals surface area contributed by atoms with Crippen LogP contribution >= 0.6 is 23.2 Å². The predicted molar refractivity (Wildman–Crippen MR) is 57.2 cm³/mol. The Bertz CT molecular complexity index is 295. The van der Waals surface area contributed by atoms with E-state index in [9.17, 15) is 0 Å². The molecular formula is C9H12Cl2N2O. The second-order valence-corrected chi connectivity index (χ2v) is 3.59. The Morgan fingerprint density at radius 2 is 1.79 bits per heavy atom. The predicted octanol–water partition coefficient (Wildman–Crippen LogP) is 3.13. The molecule has 1 heterocycles. The number of hydrogen-bond donors (Lipinski definition) is 0. The zero-order valence-electron chi connectivity index (χ0n) is 8.18. The highest BCUT2D eigenvalue weighted by Gasteiger charge is 2.10. The molecule has 3 nitrogen and oxygen atoms in total. The number of halogens is 2. The molecule has 0 aliphatic rings. The van der Waals surface area contributed by atoms with Crippen molar-refractivity contribution in [3.63, 3.8) is 0 Å². The van der Waals surface area contributed by atoms with Crippen LogP contribution in [-0.2, 0) is 6.42 Å². The van der Waals surface area contributed by atoms with Crippen molar-refractivity contribution < 1.29 is 4.74 Å². The summed E-state index contributed by atoms with van der Waals surface area (Å²) in [7, 11) is 1.48. The molecule has 0 spiro atoms. The van der Waals surface area contributed by atoms with Crippen LogP contribution in [0.5, 0.6) is 6.01 Å². The third kappa shape index (κ3) is 2.72. The molecule has 1 aromatic heterocycles. The average molecular weight is 235 g/mol. The Kier molecular flexibility index (Phi) is 4.42. The third-order valence-electron chi connectivity index (χ3n) is 1.85. The molecule has 0 saturated heterocycles. The maximum absolute atomic E-state index is 5.93. The molecule has 1 aromatic rings. The fourth-order valence-corrected chi connectivity index (χ4v) is 1.63. The molecule has 5 heteroatoms. The van der Waals surface area contributed by atoms with Gasteiger partial charge in [0.2, 0.25) is 0 Å². The molecule has 14 heavy (non-hydrogen) atoms. The van der Waals surface area contributed by atoms with Gasteiger partial charge in [0, 0.05) is 5.56 Å². The molecule has 1 rings (SSSR count). The molecule has 0 aliphatic carbocycles. The molecule has 0 aliphatic heterocycles. The van der Waals surface area contributed by atoms with Gasteiger partial charge in [-0.05, 0) is 12.8 Å². The van der Waals surface area contributed by atoms with Crippen molar-refractivity contribution in [3.8, 4) is 6.01 Å². The van der Waals surface area contributed by atoms with Crippen molar-refractivity contribution in [1.29, 1.82) is 0 Å². The Hall–Kier alpha value is -0.540. The first-order valence-electron chi connectivity index (χ1n) is 4.45. The second kappa shape index (κ2) is 5.37. The number of methoxy groups -OCH3 is 1. The molecule has 0 aromatic carbocycles. The molecule has 0 N–H and O–H groups in total. The summed E-state index contributed by atoms with van der Waals surface area (Å²) in [6, 6.07) is 0.209. The van der Waals surface area contributed by atoms with E-state index < -0.39 is 0 Å². The van der Waals surface area contributed by atoms with Crippen LogP contribution < -0.4 is 4.74 Å². The molecule has 0 saturated carbocycles. The van der Waals surface area contributed by atoms with Crippen molar-refractivity contribution in [3.05, 3.63) is 15.9 Å². The molecule has 0 radical (unpaired) electrons. The van der Waals surface area contributed by atoms with Gasteiger partial charge in [0.05, 0.1) is 7.11 Å². The zero-order valence-corrected chi connectivity index (χ0v) is 9.69. The lowest BCUT2D eigenvalue weighted by molar-refractivity contribution is 0.379. The maximum Gasteiger partial charge on any atom is 0.318 e. The highest BCUT2D eigenvalue weighted by atomic mass is 35.5. The summed E-state index contributed by atoms with van der Waals surface area (Å²) < 4.78 is 4.84. The van der Waals surface area contributed by atoms with Crippen LogP contribution in [-0.4, -0.2) is 17.1 Å². The minimum atomic E-state index is 0.209. The van der Waals surface area contributed by atoms with Crippen LogP contribution in [0, 0.1) is 0 Å². The topological polar surface area (TPSA) is 35.0 Å². The first kappa shape index (κ1) is 11.5. The number of nitrogens with zero attached hydrogens (tertiary/aromatic N) is 2. The van der Waals surface area contributed by atoms with E-state index in [4.69, 9.17) is 27.9 Å². The SMILES string of the molecule is CCCCc1c(Cl)nc(OC)nc1Cl. The monoisotopic (exact) mass is 234 g/mol. The number of unbranched alkanes of at least 4 members (excludes halogenated alkanes) is 1. The van der Waals surface area contributed by atoms with Crippen molar-refractivity contribution in [2.75, 3.05) is 7.11 Å². The van der Waals surface area contributed by atoms with E-state index in [0.717, 1.165) is 24.8 Å². The smallest absolute Gasteiger partial charge is 0.318 e. The first-order chi connectivity index (χ1) is 6.69. The Morgan fingerprint density at radius 3 is 2.21 bits per heavy atom. The molecule has 0 atom stereocenters. The van der Waals surface area contributed by atoms with E-state index >= 15 is 0 Å². The second-order valence-electron chi connectivity index (χ2n) is 2.87. The molecular weight excluding hydrogens is 223 g/mol. The zero-order chi connectivity index (χ0) is 10.6. The third-order valence-corrected chi connectivity index (χ3v) is 2.47. The average Bonchev–Trinajstić information content (AvgIpc) is 2.16. The summed E-state index contributed by atoms with van der Waals surface area (Å²) in [4.78, 5) is 7.91. The van der Waals surface area contributed by atoms with Gasteiger partial charge in [0.15, 0.2) is 0 Å². The van der Waals surface area contributed by atoms with Crippen LogP contribution in [0.25, 0.3) is 0 Å². The fourth-order valence-electron chi connectivity index (χ4n) is 1.06. The van der Waals surface area contributed by atoms with Gasteiger partial charge in [0.25, 0.3) is 0 Å². The van der Waals surface area contributed by atoms with Crippen molar-refractivity contribution in [2.45, 2.75) is 26.2 Å². The molecule has 0 bridgehead atoms. The minimum Gasteiger partial charge on any atom is -0.467 e. The Morgan fingerprint density at radius 1 is 1.21 bits per heavy atom. The highest BCUT2D eigenvalue weighted by molar-refractivity contribution is 6.34. The van der Waals surface area contributed by atoms with Crippen molar-refractivity contribution >= 4 is 23.2 Å². The van der Waals surface area contributed by atoms with Gasteiger partial charge in [-0.1, -0.05) is 36.5 Å². The van der Waals surface area contributed by atoms with E-state index in [1.54, 1.807) is 0 Å². The van der Waals surface area contributed by atoms with Crippen LogP contribution in [0.1, 0.15) is 25.3 Å². The Labute approximate surface area is 93.4 Å². The summed E-state index contributed by atoms with van der Waals surface area (Å²) >= 11 is 11.9. The maximum atomic E-state index is 5.93. The molecule has 0 amide bonds. The molecule has 78 valence electrons. The first-order valence-corrected chi connectivity index (χ1v) is 5.20. The number of rotatable bonds is 4. The van der Waals surface area contributed by atoms with E-state index in [2.05, 4.69) is 16.9 Å². The molecule has 0 unspecified atom stereocenters. The van der Waals surface area contributed by atoms with E-state index in [-0.39, 0.29) is 6.01 Å². The van der Waals surface area contributed by atoms with Gasteiger partial charge in [-0.2, -0.15) is 9.97 Å². The fraction of sp³-hybridized carbons (Fsp3) is 0.556. The summed E-state index contributed by atoms with van der Waals surface area (Å²) in [5, 5.41) is 0.769. The standard InChI is InChI=1S/C9H12Cl2N2O/c1-3-4-5-6-7(10)12-9(14-2)13-8(6)11/h3-5H2,1-2H3. The van der Waals surface area contributed by atoms with Gasteiger partial charge in [-0.25, -0.2) is 0 Å². The van der Waals surface area contributed by atoms with Crippen LogP contribution in [0.4, 0.5) is 0 Å². The Balaban J connectivity index is 2.93. The normalized spacial score (nSPS) is 10.3. The lowest BCUT2D eigenvalue weighted by Gasteiger charge is -2.06. The van der Waals surface area contributed by atoms with Gasteiger partial charge in [0.1, 0.15) is 10.3 Å².